The van der Waals surface area contributed by atoms with Crippen molar-refractivity contribution < 1.29 is 9.90 Å². The predicted octanol–water partition coefficient (Wildman–Crippen LogP) is 1.37. The van der Waals surface area contributed by atoms with Crippen LogP contribution in [0.1, 0.15) is 25.0 Å². The highest BCUT2D eigenvalue weighted by molar-refractivity contribution is 5.83. The van der Waals surface area contributed by atoms with Gasteiger partial charge in [0.1, 0.15) is 23.1 Å². The number of hydrogen-bond acceptors (Lipinski definition) is 4. The van der Waals surface area contributed by atoms with E-state index >= 15 is 0 Å². The molecule has 0 atom stereocenters. The van der Waals surface area contributed by atoms with Crippen molar-refractivity contribution in [1.29, 1.82) is 5.26 Å². The minimum atomic E-state index is -0.888. The Morgan fingerprint density at radius 3 is 2.81 bits per heavy atom. The third kappa shape index (κ3) is 1.70. The Morgan fingerprint density at radius 2 is 2.31 bits per heavy atom. The second kappa shape index (κ2) is 3.81. The molecule has 5 heteroatoms. The van der Waals surface area contributed by atoms with Crippen molar-refractivity contribution in [2.45, 2.75) is 24.8 Å². The zero-order valence-electron chi connectivity index (χ0n) is 8.60. The second-order valence-corrected chi connectivity index (χ2v) is 3.89. The molecule has 16 heavy (non-hydrogen) atoms. The number of anilines is 1. The van der Waals surface area contributed by atoms with Crippen molar-refractivity contribution >= 4 is 11.8 Å². The summed E-state index contributed by atoms with van der Waals surface area (Å²) in [4.78, 5) is 15.1. The highest BCUT2D eigenvalue weighted by Crippen LogP contribution is 2.35. The van der Waals surface area contributed by atoms with Gasteiger partial charge in [-0.3, -0.25) is 0 Å². The average molecular weight is 217 g/mol. The summed E-state index contributed by atoms with van der Waals surface area (Å²) in [5.41, 5.74) is -0.606. The fraction of sp³-hybridized carbons (Fsp3) is 0.364. The van der Waals surface area contributed by atoms with E-state index in [-0.39, 0.29) is 5.69 Å². The molecule has 0 aromatic carbocycles. The number of aromatic nitrogens is 1. The maximum atomic E-state index is 11.1. The van der Waals surface area contributed by atoms with Crippen molar-refractivity contribution in [1.82, 2.24) is 4.98 Å². The van der Waals surface area contributed by atoms with Gasteiger partial charge in [-0.05, 0) is 31.4 Å². The highest BCUT2D eigenvalue weighted by Gasteiger charge is 2.44. The topological polar surface area (TPSA) is 86.0 Å². The van der Waals surface area contributed by atoms with Crippen LogP contribution in [0.15, 0.2) is 18.2 Å². The zero-order valence-corrected chi connectivity index (χ0v) is 8.60. The Morgan fingerprint density at radius 1 is 1.56 bits per heavy atom. The summed E-state index contributed by atoms with van der Waals surface area (Å²) in [6.45, 7) is 0. The summed E-state index contributed by atoms with van der Waals surface area (Å²) in [5, 5.41) is 20.7. The molecular formula is C11H11N3O2. The molecule has 5 nitrogen and oxygen atoms in total. The van der Waals surface area contributed by atoms with Gasteiger partial charge in [0, 0.05) is 0 Å². The number of nitriles is 1. The van der Waals surface area contributed by atoms with Gasteiger partial charge in [0.05, 0.1) is 0 Å². The lowest BCUT2D eigenvalue weighted by molar-refractivity contribution is -0.145. The van der Waals surface area contributed by atoms with Gasteiger partial charge in [-0.1, -0.05) is 6.07 Å². The molecule has 1 saturated carbocycles. The molecule has 0 amide bonds. The fourth-order valence-corrected chi connectivity index (χ4v) is 1.73. The lowest BCUT2D eigenvalue weighted by Crippen LogP contribution is -2.52. The molecule has 0 radical (unpaired) electrons. The number of carboxylic acid groups (broad SMARTS) is 1. The summed E-state index contributed by atoms with van der Waals surface area (Å²) in [6, 6.07) is 6.86. The van der Waals surface area contributed by atoms with Gasteiger partial charge in [0.15, 0.2) is 0 Å². The van der Waals surface area contributed by atoms with Crippen molar-refractivity contribution in [3.63, 3.8) is 0 Å². The summed E-state index contributed by atoms with van der Waals surface area (Å²) in [7, 11) is 0. The SMILES string of the molecule is N#Cc1cccc(NC2(C(=O)O)CCC2)n1. The third-order valence-corrected chi connectivity index (χ3v) is 2.85. The van der Waals surface area contributed by atoms with E-state index in [0.717, 1.165) is 6.42 Å². The molecular weight excluding hydrogens is 206 g/mol. The highest BCUT2D eigenvalue weighted by atomic mass is 16.4. The van der Waals surface area contributed by atoms with E-state index in [1.54, 1.807) is 18.2 Å². The van der Waals surface area contributed by atoms with E-state index < -0.39 is 11.5 Å². The van der Waals surface area contributed by atoms with Crippen molar-refractivity contribution in [3.8, 4) is 6.07 Å². The van der Waals surface area contributed by atoms with E-state index in [1.807, 2.05) is 6.07 Å². The maximum absolute atomic E-state index is 11.1. The maximum Gasteiger partial charge on any atom is 0.329 e. The van der Waals surface area contributed by atoms with Crippen LogP contribution in [0.25, 0.3) is 0 Å². The largest absolute Gasteiger partial charge is 0.480 e. The number of carboxylic acids is 1. The van der Waals surface area contributed by atoms with Gasteiger partial charge in [-0.25, -0.2) is 9.78 Å². The second-order valence-electron chi connectivity index (χ2n) is 3.89. The van der Waals surface area contributed by atoms with Gasteiger partial charge in [0.25, 0.3) is 0 Å². The van der Waals surface area contributed by atoms with Crippen LogP contribution in [0.3, 0.4) is 0 Å². The lowest BCUT2D eigenvalue weighted by atomic mass is 9.77. The molecule has 1 fully saturated rings. The number of carbonyl (C=O) groups is 1. The van der Waals surface area contributed by atoms with Gasteiger partial charge >= 0.3 is 5.97 Å². The first kappa shape index (κ1) is 10.4. The molecule has 0 bridgehead atoms. The predicted molar refractivity (Wildman–Crippen MR) is 56.8 cm³/mol. The average Bonchev–Trinajstić information content (AvgIpc) is 2.23. The first-order chi connectivity index (χ1) is 7.66. The van der Waals surface area contributed by atoms with Gasteiger partial charge in [-0.15, -0.1) is 0 Å². The van der Waals surface area contributed by atoms with Crippen LogP contribution < -0.4 is 5.32 Å². The molecule has 2 N–H and O–H groups in total. The first-order valence-corrected chi connectivity index (χ1v) is 5.05. The van der Waals surface area contributed by atoms with Crippen LogP contribution in [0.4, 0.5) is 5.82 Å². The molecule has 1 aliphatic carbocycles. The number of hydrogen-bond donors (Lipinski definition) is 2. The van der Waals surface area contributed by atoms with E-state index in [0.29, 0.717) is 18.7 Å². The van der Waals surface area contributed by atoms with E-state index in [1.165, 1.54) is 0 Å². The summed E-state index contributed by atoms with van der Waals surface area (Å²) < 4.78 is 0. The van der Waals surface area contributed by atoms with Crippen LogP contribution in [-0.4, -0.2) is 21.6 Å². The molecule has 82 valence electrons. The molecule has 2 rings (SSSR count). The quantitative estimate of drug-likeness (QED) is 0.798. The summed E-state index contributed by atoms with van der Waals surface area (Å²) >= 11 is 0. The Kier molecular flexibility index (Phi) is 2.49. The minimum absolute atomic E-state index is 0.282. The molecule has 1 aliphatic rings. The third-order valence-electron chi connectivity index (χ3n) is 2.85. The standard InChI is InChI=1S/C11H11N3O2/c12-7-8-3-1-4-9(13-8)14-11(10(15)16)5-2-6-11/h1,3-4H,2,5-6H2,(H,13,14)(H,15,16). The number of nitrogens with zero attached hydrogens (tertiary/aromatic N) is 2. The monoisotopic (exact) mass is 217 g/mol. The minimum Gasteiger partial charge on any atom is -0.480 e. The molecule has 0 aliphatic heterocycles. The van der Waals surface area contributed by atoms with E-state index in [4.69, 9.17) is 10.4 Å². The number of rotatable bonds is 3. The van der Waals surface area contributed by atoms with Crippen molar-refractivity contribution in [3.05, 3.63) is 23.9 Å². The van der Waals surface area contributed by atoms with Gasteiger partial charge < -0.3 is 10.4 Å². The van der Waals surface area contributed by atoms with Crippen LogP contribution in [0.5, 0.6) is 0 Å². The Hall–Kier alpha value is -2.09. The van der Waals surface area contributed by atoms with Crippen molar-refractivity contribution in [2.75, 3.05) is 5.32 Å². The van der Waals surface area contributed by atoms with Crippen LogP contribution in [0.2, 0.25) is 0 Å². The van der Waals surface area contributed by atoms with E-state index in [9.17, 15) is 4.79 Å². The smallest absolute Gasteiger partial charge is 0.329 e. The molecule has 0 spiro atoms. The van der Waals surface area contributed by atoms with Crippen molar-refractivity contribution in [2.24, 2.45) is 0 Å². The van der Waals surface area contributed by atoms with E-state index in [2.05, 4.69) is 10.3 Å². The number of pyridine rings is 1. The summed E-state index contributed by atoms with van der Waals surface area (Å²) in [5.74, 6) is -0.413. The molecule has 0 unspecified atom stereocenters. The van der Waals surface area contributed by atoms with Gasteiger partial charge in [0.2, 0.25) is 0 Å². The Balaban J connectivity index is 2.20. The van der Waals surface area contributed by atoms with Crippen LogP contribution in [-0.2, 0) is 4.79 Å². The zero-order chi connectivity index (χ0) is 11.6. The molecule has 1 aromatic rings. The Bertz CT molecular complexity index is 461. The lowest BCUT2D eigenvalue weighted by Gasteiger charge is -2.38. The molecule has 1 aromatic heterocycles. The Labute approximate surface area is 92.7 Å². The molecule has 1 heterocycles. The molecule has 0 saturated heterocycles. The number of aliphatic carboxylic acids is 1. The summed E-state index contributed by atoms with van der Waals surface area (Å²) in [6.07, 6.45) is 2.10. The number of nitrogens with one attached hydrogen (secondary N) is 1. The van der Waals surface area contributed by atoms with Gasteiger partial charge in [-0.2, -0.15) is 5.26 Å². The fourth-order valence-electron chi connectivity index (χ4n) is 1.73. The van der Waals surface area contributed by atoms with Crippen LogP contribution >= 0.6 is 0 Å². The van der Waals surface area contributed by atoms with Crippen LogP contribution in [0, 0.1) is 11.3 Å². The normalized spacial score (nSPS) is 16.9. The first-order valence-electron chi connectivity index (χ1n) is 5.05.